The van der Waals surface area contributed by atoms with Crippen LogP contribution in [0, 0.1) is 11.6 Å². The van der Waals surface area contributed by atoms with Crippen LogP contribution in [0.4, 0.5) is 14.5 Å². The highest BCUT2D eigenvalue weighted by molar-refractivity contribution is 6.09. The molecule has 0 radical (unpaired) electrons. The number of nitrogens with one attached hydrogen (secondary N) is 1. The van der Waals surface area contributed by atoms with E-state index < -0.39 is 23.6 Å². The van der Waals surface area contributed by atoms with Crippen LogP contribution in [0.1, 0.15) is 22.8 Å². The Morgan fingerprint density at radius 1 is 0.857 bits per heavy atom. The predicted octanol–water partition coefficient (Wildman–Crippen LogP) is 4.60. The number of rotatable bonds is 6. The molecule has 0 saturated carbocycles. The van der Waals surface area contributed by atoms with Gasteiger partial charge in [-0.1, -0.05) is 42.5 Å². The van der Waals surface area contributed by atoms with Crippen LogP contribution in [0.3, 0.4) is 0 Å². The first kappa shape index (κ1) is 19.2. The summed E-state index contributed by atoms with van der Waals surface area (Å²) in [5.41, 5.74) is 1.40. The minimum absolute atomic E-state index is 0.0366. The van der Waals surface area contributed by atoms with Crippen LogP contribution < -0.4 is 10.1 Å². The topological polar surface area (TPSA) is 55.4 Å². The van der Waals surface area contributed by atoms with Crippen LogP contribution in [0.5, 0.6) is 5.75 Å². The summed E-state index contributed by atoms with van der Waals surface area (Å²) in [5, 5.41) is 2.65. The number of carbonyl (C=O) groups is 2. The molecule has 0 spiro atoms. The molecule has 6 heteroatoms. The maximum absolute atomic E-state index is 13.3. The first-order valence-corrected chi connectivity index (χ1v) is 8.56. The molecule has 0 aromatic heterocycles. The van der Waals surface area contributed by atoms with Gasteiger partial charge in [-0.15, -0.1) is 0 Å². The third-order valence-corrected chi connectivity index (χ3v) is 4.00. The van der Waals surface area contributed by atoms with Crippen molar-refractivity contribution in [2.45, 2.75) is 13.0 Å². The van der Waals surface area contributed by atoms with Crippen LogP contribution in [0.2, 0.25) is 0 Å². The summed E-state index contributed by atoms with van der Waals surface area (Å²) in [6.07, 6.45) is -0.960. The number of anilines is 1. The third kappa shape index (κ3) is 4.59. The largest absolute Gasteiger partial charge is 0.481 e. The molecular formula is C22H17F2NO3. The molecule has 28 heavy (non-hydrogen) atoms. The summed E-state index contributed by atoms with van der Waals surface area (Å²) in [7, 11) is 0. The van der Waals surface area contributed by atoms with Gasteiger partial charge in [-0.3, -0.25) is 9.59 Å². The Morgan fingerprint density at radius 2 is 1.57 bits per heavy atom. The molecule has 0 aliphatic rings. The fourth-order valence-electron chi connectivity index (χ4n) is 2.55. The van der Waals surface area contributed by atoms with Crippen molar-refractivity contribution >= 4 is 17.4 Å². The second kappa shape index (κ2) is 8.43. The normalized spacial score (nSPS) is 11.5. The van der Waals surface area contributed by atoms with Crippen LogP contribution in [0.25, 0.3) is 0 Å². The van der Waals surface area contributed by atoms with E-state index in [1.165, 1.54) is 13.0 Å². The van der Waals surface area contributed by atoms with Crippen molar-refractivity contribution < 1.29 is 23.1 Å². The van der Waals surface area contributed by atoms with Gasteiger partial charge >= 0.3 is 0 Å². The lowest BCUT2D eigenvalue weighted by atomic mass is 10.0. The summed E-state index contributed by atoms with van der Waals surface area (Å²) in [6.45, 7) is 1.48. The minimum atomic E-state index is -1.06. The zero-order chi connectivity index (χ0) is 20.1. The molecular weight excluding hydrogens is 364 g/mol. The minimum Gasteiger partial charge on any atom is -0.481 e. The molecule has 3 aromatic rings. The van der Waals surface area contributed by atoms with Gasteiger partial charge in [0.05, 0.1) is 0 Å². The molecule has 4 nitrogen and oxygen atoms in total. The van der Waals surface area contributed by atoms with E-state index in [4.69, 9.17) is 4.74 Å². The smallest absolute Gasteiger partial charge is 0.265 e. The average Bonchev–Trinajstić information content (AvgIpc) is 2.71. The Balaban J connectivity index is 1.68. The highest BCUT2D eigenvalue weighted by Crippen LogP contribution is 2.18. The Bertz CT molecular complexity index is 1010. The summed E-state index contributed by atoms with van der Waals surface area (Å²) >= 11 is 0. The van der Waals surface area contributed by atoms with E-state index in [1.807, 2.05) is 6.07 Å². The van der Waals surface area contributed by atoms with Crippen molar-refractivity contribution in [2.75, 3.05) is 5.32 Å². The lowest BCUT2D eigenvalue weighted by Gasteiger charge is -2.15. The van der Waals surface area contributed by atoms with Crippen molar-refractivity contribution in [3.63, 3.8) is 0 Å². The SMILES string of the molecule is CC(Oc1ccc(F)c(F)c1)C(=O)Nc1cccc(C(=O)c2ccccc2)c1. The summed E-state index contributed by atoms with van der Waals surface area (Å²) in [6, 6.07) is 18.4. The standard InChI is InChI=1S/C22H17F2NO3/c1-14(28-18-10-11-19(23)20(24)13-18)22(27)25-17-9-5-8-16(12-17)21(26)15-6-3-2-4-7-15/h2-14H,1H3,(H,25,27). The molecule has 1 amide bonds. The van der Waals surface area contributed by atoms with Gasteiger partial charge in [0.2, 0.25) is 0 Å². The van der Waals surface area contributed by atoms with Crippen molar-refractivity contribution in [3.05, 3.63) is 95.6 Å². The van der Waals surface area contributed by atoms with Gasteiger partial charge < -0.3 is 10.1 Å². The number of ketones is 1. The molecule has 142 valence electrons. The van der Waals surface area contributed by atoms with Gasteiger partial charge in [0.1, 0.15) is 5.75 Å². The number of hydrogen-bond acceptors (Lipinski definition) is 3. The van der Waals surface area contributed by atoms with E-state index in [0.717, 1.165) is 12.1 Å². The second-order valence-electron chi connectivity index (χ2n) is 6.10. The Labute approximate surface area is 160 Å². The fraction of sp³-hybridized carbons (Fsp3) is 0.0909. The van der Waals surface area contributed by atoms with Gasteiger partial charge in [-0.05, 0) is 31.2 Å². The highest BCUT2D eigenvalue weighted by Gasteiger charge is 2.17. The van der Waals surface area contributed by atoms with E-state index in [1.54, 1.807) is 48.5 Å². The van der Waals surface area contributed by atoms with E-state index in [2.05, 4.69) is 5.32 Å². The predicted molar refractivity (Wildman–Crippen MR) is 101 cm³/mol. The molecule has 1 atom stereocenters. The molecule has 3 aromatic carbocycles. The van der Waals surface area contributed by atoms with Gasteiger partial charge in [0.25, 0.3) is 5.91 Å². The van der Waals surface area contributed by atoms with Gasteiger partial charge in [-0.25, -0.2) is 8.78 Å². The first-order valence-electron chi connectivity index (χ1n) is 8.56. The Hall–Kier alpha value is -3.54. The molecule has 0 saturated heterocycles. The molecule has 0 bridgehead atoms. The van der Waals surface area contributed by atoms with Crippen molar-refractivity contribution in [2.24, 2.45) is 0 Å². The van der Waals surface area contributed by atoms with Gasteiger partial charge in [0.15, 0.2) is 23.5 Å². The number of benzene rings is 3. The lowest BCUT2D eigenvalue weighted by Crippen LogP contribution is -2.30. The molecule has 1 N–H and O–H groups in total. The number of ether oxygens (including phenoxy) is 1. The average molecular weight is 381 g/mol. The quantitative estimate of drug-likeness (QED) is 0.635. The van der Waals surface area contributed by atoms with E-state index >= 15 is 0 Å². The van der Waals surface area contributed by atoms with Crippen LogP contribution >= 0.6 is 0 Å². The fourth-order valence-corrected chi connectivity index (χ4v) is 2.55. The maximum Gasteiger partial charge on any atom is 0.265 e. The van der Waals surface area contributed by atoms with Crippen molar-refractivity contribution in [3.8, 4) is 5.75 Å². The number of carbonyl (C=O) groups excluding carboxylic acids is 2. The monoisotopic (exact) mass is 381 g/mol. The maximum atomic E-state index is 13.3. The first-order chi connectivity index (χ1) is 13.4. The molecule has 3 rings (SSSR count). The zero-order valence-electron chi connectivity index (χ0n) is 15.0. The van der Waals surface area contributed by atoms with Crippen molar-refractivity contribution in [1.82, 2.24) is 0 Å². The van der Waals surface area contributed by atoms with Crippen molar-refractivity contribution in [1.29, 1.82) is 0 Å². The Kier molecular flexibility index (Phi) is 5.79. The second-order valence-corrected chi connectivity index (χ2v) is 6.10. The summed E-state index contributed by atoms with van der Waals surface area (Å²) in [4.78, 5) is 24.8. The van der Waals surface area contributed by atoms with Crippen LogP contribution in [-0.4, -0.2) is 17.8 Å². The summed E-state index contributed by atoms with van der Waals surface area (Å²) < 4.78 is 31.6. The van der Waals surface area contributed by atoms with Crippen LogP contribution in [0.15, 0.2) is 72.8 Å². The van der Waals surface area contributed by atoms with E-state index in [0.29, 0.717) is 16.8 Å². The van der Waals surface area contributed by atoms with E-state index in [9.17, 15) is 18.4 Å². The molecule has 0 aliphatic carbocycles. The van der Waals surface area contributed by atoms with E-state index in [-0.39, 0.29) is 11.5 Å². The Morgan fingerprint density at radius 3 is 2.29 bits per heavy atom. The number of halogens is 2. The molecule has 1 unspecified atom stereocenters. The molecule has 0 aliphatic heterocycles. The summed E-state index contributed by atoms with van der Waals surface area (Å²) in [5.74, 6) is -2.67. The lowest BCUT2D eigenvalue weighted by molar-refractivity contribution is -0.122. The number of amides is 1. The highest BCUT2D eigenvalue weighted by atomic mass is 19.2. The number of hydrogen-bond donors (Lipinski definition) is 1. The zero-order valence-corrected chi connectivity index (χ0v) is 15.0. The molecule has 0 heterocycles. The van der Waals surface area contributed by atoms with Crippen LogP contribution in [-0.2, 0) is 4.79 Å². The van der Waals surface area contributed by atoms with Gasteiger partial charge in [0, 0.05) is 22.9 Å². The third-order valence-electron chi connectivity index (χ3n) is 4.00. The van der Waals surface area contributed by atoms with Gasteiger partial charge in [-0.2, -0.15) is 0 Å². The molecule has 0 fully saturated rings.